The van der Waals surface area contributed by atoms with Gasteiger partial charge >= 0.3 is 5.97 Å². The molecule has 1 aliphatic heterocycles. The van der Waals surface area contributed by atoms with Crippen LogP contribution < -0.4 is 14.4 Å². The number of nitro benzene ring substituents is 1. The number of esters is 1. The predicted molar refractivity (Wildman–Crippen MR) is 125 cm³/mol. The number of benzene rings is 3. The van der Waals surface area contributed by atoms with Crippen molar-refractivity contribution in [3.8, 4) is 11.5 Å². The lowest BCUT2D eigenvalue weighted by molar-refractivity contribution is -0.385. The maximum absolute atomic E-state index is 13.2. The van der Waals surface area contributed by atoms with Crippen molar-refractivity contribution >= 4 is 40.7 Å². The highest BCUT2D eigenvalue weighted by Gasteiger charge is 2.30. The van der Waals surface area contributed by atoms with E-state index in [0.717, 1.165) is 15.9 Å². The van der Waals surface area contributed by atoms with Crippen LogP contribution in [0.5, 0.6) is 11.5 Å². The number of para-hydroxylation sites is 2. The van der Waals surface area contributed by atoms with Crippen molar-refractivity contribution < 1.29 is 28.7 Å². The van der Waals surface area contributed by atoms with Gasteiger partial charge in [0.25, 0.3) is 11.6 Å². The molecule has 0 radical (unpaired) electrons. The zero-order chi connectivity index (χ0) is 24.2. The van der Waals surface area contributed by atoms with Crippen LogP contribution in [0, 0.1) is 10.1 Å². The molecular weight excluding hydrogens is 460 g/mol. The molecule has 10 heteroatoms. The number of carbonyl (C=O) groups is 2. The van der Waals surface area contributed by atoms with Crippen molar-refractivity contribution in [2.75, 3.05) is 25.2 Å². The summed E-state index contributed by atoms with van der Waals surface area (Å²) in [7, 11) is 1.34. The van der Waals surface area contributed by atoms with E-state index in [1.165, 1.54) is 29.8 Å². The van der Waals surface area contributed by atoms with Crippen LogP contribution in [-0.4, -0.2) is 37.1 Å². The number of hydrogen-bond donors (Lipinski definition) is 0. The summed E-state index contributed by atoms with van der Waals surface area (Å²) in [5.41, 5.74) is 0.488. The fourth-order valence-corrected chi connectivity index (χ4v) is 4.59. The summed E-state index contributed by atoms with van der Waals surface area (Å²) < 4.78 is 15.8. The first-order chi connectivity index (χ1) is 16.4. The Morgan fingerprint density at radius 1 is 1.00 bits per heavy atom. The third-order valence-corrected chi connectivity index (χ3v) is 6.14. The predicted octanol–water partition coefficient (Wildman–Crippen LogP) is 4.99. The molecule has 0 bridgehead atoms. The number of amides is 1. The summed E-state index contributed by atoms with van der Waals surface area (Å²) in [6, 6.07) is 17.1. The van der Waals surface area contributed by atoms with E-state index in [-0.39, 0.29) is 23.7 Å². The minimum atomic E-state index is -1.02. The van der Waals surface area contributed by atoms with Gasteiger partial charge < -0.3 is 14.2 Å². The Balaban J connectivity index is 1.61. The van der Waals surface area contributed by atoms with Gasteiger partial charge in [-0.1, -0.05) is 36.0 Å². The van der Waals surface area contributed by atoms with E-state index >= 15 is 0 Å². The number of fused-ring (bicyclic) bond motifs is 2. The van der Waals surface area contributed by atoms with Gasteiger partial charge in [0, 0.05) is 15.9 Å². The highest BCUT2D eigenvalue weighted by Crippen LogP contribution is 2.47. The first-order valence-corrected chi connectivity index (χ1v) is 11.1. The quantitative estimate of drug-likeness (QED) is 0.264. The summed E-state index contributed by atoms with van der Waals surface area (Å²) in [5.74, 6) is -1.24. The van der Waals surface area contributed by atoms with Crippen LogP contribution in [0.25, 0.3) is 0 Å². The van der Waals surface area contributed by atoms with Crippen molar-refractivity contribution in [2.45, 2.75) is 16.7 Å². The number of rotatable bonds is 7. The molecule has 0 saturated heterocycles. The van der Waals surface area contributed by atoms with Crippen molar-refractivity contribution in [3.05, 3.63) is 76.3 Å². The summed E-state index contributed by atoms with van der Waals surface area (Å²) >= 11 is 1.54. The van der Waals surface area contributed by atoms with Crippen molar-refractivity contribution in [1.29, 1.82) is 0 Å². The molecule has 9 nitrogen and oxygen atoms in total. The Bertz CT molecular complexity index is 1230. The van der Waals surface area contributed by atoms with E-state index in [1.54, 1.807) is 19.1 Å². The number of hydrogen-bond acceptors (Lipinski definition) is 8. The minimum absolute atomic E-state index is 0.111. The zero-order valence-corrected chi connectivity index (χ0v) is 19.2. The van der Waals surface area contributed by atoms with Gasteiger partial charge in [0.15, 0.2) is 18.1 Å². The van der Waals surface area contributed by atoms with Gasteiger partial charge in [-0.2, -0.15) is 0 Å². The van der Waals surface area contributed by atoms with Crippen LogP contribution in [0.15, 0.2) is 70.5 Å². The van der Waals surface area contributed by atoms with Gasteiger partial charge in [0.05, 0.1) is 36.1 Å². The van der Waals surface area contributed by atoms with Gasteiger partial charge in [0.2, 0.25) is 0 Å². The van der Waals surface area contributed by atoms with E-state index in [1.807, 2.05) is 36.4 Å². The fraction of sp³-hybridized carbons (Fsp3) is 0.167. The molecule has 1 heterocycles. The normalized spacial score (nSPS) is 11.8. The lowest BCUT2D eigenvalue weighted by atomic mass is 10.1. The number of ether oxygens (including phenoxy) is 3. The Morgan fingerprint density at radius 2 is 1.62 bits per heavy atom. The zero-order valence-electron chi connectivity index (χ0n) is 18.3. The summed E-state index contributed by atoms with van der Waals surface area (Å²) in [6.07, 6.45) is 0. The molecular formula is C24H20N2O7S. The number of methoxy groups -OCH3 is 1. The Morgan fingerprint density at radius 3 is 2.18 bits per heavy atom. The topological polar surface area (TPSA) is 108 Å². The molecule has 0 saturated carbocycles. The molecule has 0 atom stereocenters. The smallest absolute Gasteiger partial charge is 0.345 e. The van der Waals surface area contributed by atoms with Gasteiger partial charge in [-0.25, -0.2) is 4.79 Å². The minimum Gasteiger partial charge on any atom is -0.493 e. The Kier molecular flexibility index (Phi) is 6.69. The third-order valence-electron chi connectivity index (χ3n) is 5.01. The van der Waals surface area contributed by atoms with Crippen molar-refractivity contribution in [3.63, 3.8) is 0 Å². The SMILES string of the molecule is CCOc1cc(C(=O)OCC(=O)N2c3ccccc3Sc3ccccc32)c([N+](=O)[O-])cc1OC. The van der Waals surface area contributed by atoms with E-state index in [9.17, 15) is 19.7 Å². The van der Waals surface area contributed by atoms with Crippen LogP contribution >= 0.6 is 11.8 Å². The first kappa shape index (κ1) is 23.1. The van der Waals surface area contributed by atoms with Crippen LogP contribution in [0.1, 0.15) is 17.3 Å². The van der Waals surface area contributed by atoms with Crippen molar-refractivity contribution in [2.24, 2.45) is 0 Å². The molecule has 0 unspecified atom stereocenters. The molecule has 0 aliphatic carbocycles. The summed E-state index contributed by atoms with van der Waals surface area (Å²) in [4.78, 5) is 40.1. The number of anilines is 2. The molecule has 174 valence electrons. The van der Waals surface area contributed by atoms with E-state index in [4.69, 9.17) is 14.2 Å². The first-order valence-electron chi connectivity index (χ1n) is 10.3. The van der Waals surface area contributed by atoms with E-state index < -0.39 is 29.1 Å². The molecule has 0 N–H and O–H groups in total. The molecule has 0 spiro atoms. The summed E-state index contributed by atoms with van der Waals surface area (Å²) in [6.45, 7) is 1.37. The Labute approximate surface area is 199 Å². The molecule has 3 aromatic rings. The maximum Gasteiger partial charge on any atom is 0.345 e. The van der Waals surface area contributed by atoms with Gasteiger partial charge in [-0.15, -0.1) is 0 Å². The van der Waals surface area contributed by atoms with Crippen molar-refractivity contribution in [1.82, 2.24) is 0 Å². The Hall–Kier alpha value is -4.05. The molecule has 0 fully saturated rings. The average Bonchev–Trinajstić information content (AvgIpc) is 2.85. The molecule has 34 heavy (non-hydrogen) atoms. The lowest BCUT2D eigenvalue weighted by Crippen LogP contribution is -2.32. The molecule has 4 rings (SSSR count). The lowest BCUT2D eigenvalue weighted by Gasteiger charge is -2.30. The monoisotopic (exact) mass is 480 g/mol. The number of nitro groups is 1. The molecule has 1 amide bonds. The summed E-state index contributed by atoms with van der Waals surface area (Å²) in [5, 5.41) is 11.5. The second kappa shape index (κ2) is 9.84. The molecule has 3 aromatic carbocycles. The van der Waals surface area contributed by atoms with Crippen LogP contribution in [0.2, 0.25) is 0 Å². The molecule has 0 aromatic heterocycles. The number of nitrogens with zero attached hydrogens (tertiary/aromatic N) is 2. The highest BCUT2D eigenvalue weighted by molar-refractivity contribution is 7.99. The van der Waals surface area contributed by atoms with Gasteiger partial charge in [-0.05, 0) is 31.2 Å². The molecule has 1 aliphatic rings. The van der Waals surface area contributed by atoms with Gasteiger partial charge in [0.1, 0.15) is 5.56 Å². The standard InChI is InChI=1S/C24H20N2O7S/c1-3-32-20-12-15(18(26(29)30)13-19(20)31-2)24(28)33-14-23(27)25-16-8-4-6-10-21(16)34-22-11-7-5-9-17(22)25/h4-13H,3,14H2,1-2H3. The fourth-order valence-electron chi connectivity index (χ4n) is 3.53. The highest BCUT2D eigenvalue weighted by atomic mass is 32.2. The third kappa shape index (κ3) is 4.40. The van der Waals surface area contributed by atoms with Crippen LogP contribution in [0.3, 0.4) is 0 Å². The van der Waals surface area contributed by atoms with E-state index in [0.29, 0.717) is 11.4 Å². The van der Waals surface area contributed by atoms with Gasteiger partial charge in [-0.3, -0.25) is 19.8 Å². The maximum atomic E-state index is 13.2. The second-order valence-electron chi connectivity index (χ2n) is 7.05. The largest absolute Gasteiger partial charge is 0.493 e. The second-order valence-corrected chi connectivity index (χ2v) is 8.14. The van der Waals surface area contributed by atoms with Crippen LogP contribution in [0.4, 0.5) is 17.1 Å². The van der Waals surface area contributed by atoms with E-state index in [2.05, 4.69) is 0 Å². The van der Waals surface area contributed by atoms with Crippen LogP contribution in [-0.2, 0) is 9.53 Å². The average molecular weight is 480 g/mol. The number of carbonyl (C=O) groups excluding carboxylic acids is 2.